The predicted octanol–water partition coefficient (Wildman–Crippen LogP) is 3.10. The number of carbonyl (C=O) groups is 1. The number of hydrogen-bond donors (Lipinski definition) is 0. The lowest BCUT2D eigenvalue weighted by Gasteiger charge is -2.19. The minimum absolute atomic E-state index is 0.388. The third-order valence-electron chi connectivity index (χ3n) is 2.66. The molecule has 0 saturated heterocycles. The molecule has 0 amide bonds. The van der Waals surface area contributed by atoms with Gasteiger partial charge in [0.1, 0.15) is 5.78 Å². The molecule has 68 valence electrons. The fraction of sp³-hybridized carbons (Fsp3) is 0.727. The Kier molecular flexibility index (Phi) is 4.06. The van der Waals surface area contributed by atoms with Crippen LogP contribution in [-0.2, 0) is 4.79 Å². The monoisotopic (exact) mass is 166 g/mol. The van der Waals surface area contributed by atoms with E-state index in [4.69, 9.17) is 0 Å². The average molecular weight is 166 g/mol. The molecule has 1 saturated carbocycles. The van der Waals surface area contributed by atoms with Crippen molar-refractivity contribution in [2.24, 2.45) is 5.92 Å². The Bertz CT molecular complexity index is 154. The van der Waals surface area contributed by atoms with Crippen LogP contribution in [0.25, 0.3) is 0 Å². The number of ketones is 1. The molecule has 1 rings (SSSR count). The molecular weight excluding hydrogens is 148 g/mol. The number of carbonyl (C=O) groups excluding carboxylic acids is 1. The van der Waals surface area contributed by atoms with Gasteiger partial charge in [-0.15, -0.1) is 6.58 Å². The fourth-order valence-corrected chi connectivity index (χ4v) is 1.87. The Hall–Kier alpha value is -0.590. The van der Waals surface area contributed by atoms with E-state index in [1.165, 1.54) is 19.3 Å². The van der Waals surface area contributed by atoms with E-state index in [9.17, 15) is 4.79 Å². The quantitative estimate of drug-likeness (QED) is 0.586. The Balaban J connectivity index is 2.24. The van der Waals surface area contributed by atoms with E-state index in [-0.39, 0.29) is 0 Å². The van der Waals surface area contributed by atoms with Crippen LogP contribution in [-0.4, -0.2) is 5.78 Å². The summed E-state index contributed by atoms with van der Waals surface area (Å²) >= 11 is 0. The van der Waals surface area contributed by atoms with E-state index >= 15 is 0 Å². The first kappa shape index (κ1) is 9.50. The highest BCUT2D eigenvalue weighted by Gasteiger charge is 2.19. The molecule has 0 aliphatic heterocycles. The van der Waals surface area contributed by atoms with E-state index < -0.39 is 0 Å². The number of hydrogen-bond acceptors (Lipinski definition) is 1. The van der Waals surface area contributed by atoms with Crippen molar-refractivity contribution in [2.45, 2.75) is 44.9 Å². The van der Waals surface area contributed by atoms with Gasteiger partial charge < -0.3 is 0 Å². The SMILES string of the molecule is C=CCCC(=O)C1CCCCC1. The summed E-state index contributed by atoms with van der Waals surface area (Å²) in [6.07, 6.45) is 9.51. The molecule has 1 fully saturated rings. The van der Waals surface area contributed by atoms with E-state index in [1.807, 2.05) is 6.08 Å². The van der Waals surface area contributed by atoms with Crippen molar-refractivity contribution in [3.8, 4) is 0 Å². The van der Waals surface area contributed by atoms with Crippen LogP contribution in [0.3, 0.4) is 0 Å². The summed E-state index contributed by atoms with van der Waals surface area (Å²) in [5.41, 5.74) is 0. The highest BCUT2D eigenvalue weighted by Crippen LogP contribution is 2.25. The molecule has 0 N–H and O–H groups in total. The summed E-state index contributed by atoms with van der Waals surface area (Å²) in [5.74, 6) is 0.855. The van der Waals surface area contributed by atoms with Gasteiger partial charge in [0.25, 0.3) is 0 Å². The molecule has 0 unspecified atom stereocenters. The van der Waals surface area contributed by atoms with Gasteiger partial charge in [-0.25, -0.2) is 0 Å². The van der Waals surface area contributed by atoms with Gasteiger partial charge in [-0.1, -0.05) is 25.3 Å². The highest BCUT2D eigenvalue weighted by atomic mass is 16.1. The van der Waals surface area contributed by atoms with Crippen LogP contribution >= 0.6 is 0 Å². The second-order valence-corrected chi connectivity index (χ2v) is 3.63. The molecular formula is C11H18O. The lowest BCUT2D eigenvalue weighted by Crippen LogP contribution is -2.17. The Morgan fingerprint density at radius 3 is 2.58 bits per heavy atom. The standard InChI is InChI=1S/C11H18O/c1-2-3-9-11(12)10-7-5-4-6-8-10/h2,10H,1,3-9H2. The minimum atomic E-state index is 0.388. The summed E-state index contributed by atoms with van der Waals surface area (Å²) in [7, 11) is 0. The van der Waals surface area contributed by atoms with Gasteiger partial charge in [0.15, 0.2) is 0 Å². The molecule has 1 heteroatoms. The normalized spacial score (nSPS) is 19.0. The summed E-state index contributed by atoms with van der Waals surface area (Å²) in [4.78, 5) is 11.5. The van der Waals surface area contributed by atoms with Crippen molar-refractivity contribution < 1.29 is 4.79 Å². The predicted molar refractivity (Wildman–Crippen MR) is 51.0 cm³/mol. The molecule has 0 heterocycles. The average Bonchev–Trinajstić information content (AvgIpc) is 2.15. The summed E-state index contributed by atoms with van der Waals surface area (Å²) in [6.45, 7) is 3.63. The lowest BCUT2D eigenvalue weighted by atomic mass is 9.85. The van der Waals surface area contributed by atoms with Crippen LogP contribution < -0.4 is 0 Å². The lowest BCUT2D eigenvalue weighted by molar-refractivity contribution is -0.123. The molecule has 0 bridgehead atoms. The van der Waals surface area contributed by atoms with Crippen molar-refractivity contribution in [3.63, 3.8) is 0 Å². The number of rotatable bonds is 4. The topological polar surface area (TPSA) is 17.1 Å². The summed E-state index contributed by atoms with van der Waals surface area (Å²) in [6, 6.07) is 0. The molecule has 0 aromatic carbocycles. The van der Waals surface area contributed by atoms with Crippen LogP contribution in [0.2, 0.25) is 0 Å². The molecule has 0 spiro atoms. The second-order valence-electron chi connectivity index (χ2n) is 3.63. The third-order valence-corrected chi connectivity index (χ3v) is 2.66. The first-order chi connectivity index (χ1) is 5.84. The Morgan fingerprint density at radius 1 is 1.33 bits per heavy atom. The van der Waals surface area contributed by atoms with E-state index in [0.29, 0.717) is 18.1 Å². The molecule has 0 atom stereocenters. The van der Waals surface area contributed by atoms with Crippen molar-refractivity contribution in [3.05, 3.63) is 12.7 Å². The summed E-state index contributed by atoms with van der Waals surface area (Å²) < 4.78 is 0. The zero-order chi connectivity index (χ0) is 8.81. The van der Waals surface area contributed by atoms with Crippen LogP contribution in [0.4, 0.5) is 0 Å². The van der Waals surface area contributed by atoms with E-state index in [0.717, 1.165) is 19.3 Å². The summed E-state index contributed by atoms with van der Waals surface area (Å²) in [5, 5.41) is 0. The Morgan fingerprint density at radius 2 is 2.00 bits per heavy atom. The molecule has 0 radical (unpaired) electrons. The van der Waals surface area contributed by atoms with Gasteiger partial charge in [0.05, 0.1) is 0 Å². The zero-order valence-electron chi connectivity index (χ0n) is 7.72. The molecule has 1 aliphatic carbocycles. The molecule has 12 heavy (non-hydrogen) atoms. The second kappa shape index (κ2) is 5.13. The maximum atomic E-state index is 11.5. The molecule has 1 nitrogen and oxygen atoms in total. The van der Waals surface area contributed by atoms with E-state index in [2.05, 4.69) is 6.58 Å². The number of allylic oxidation sites excluding steroid dienone is 1. The maximum absolute atomic E-state index is 11.5. The van der Waals surface area contributed by atoms with Crippen LogP contribution in [0.15, 0.2) is 12.7 Å². The maximum Gasteiger partial charge on any atom is 0.136 e. The van der Waals surface area contributed by atoms with Crippen molar-refractivity contribution in [1.29, 1.82) is 0 Å². The van der Waals surface area contributed by atoms with Crippen LogP contribution in [0.1, 0.15) is 44.9 Å². The highest BCUT2D eigenvalue weighted by molar-refractivity contribution is 5.81. The van der Waals surface area contributed by atoms with Crippen molar-refractivity contribution in [1.82, 2.24) is 0 Å². The zero-order valence-corrected chi connectivity index (χ0v) is 7.72. The first-order valence-corrected chi connectivity index (χ1v) is 4.98. The van der Waals surface area contributed by atoms with Gasteiger partial charge >= 0.3 is 0 Å². The van der Waals surface area contributed by atoms with Crippen molar-refractivity contribution in [2.75, 3.05) is 0 Å². The van der Waals surface area contributed by atoms with Gasteiger partial charge in [-0.3, -0.25) is 4.79 Å². The van der Waals surface area contributed by atoms with Crippen LogP contribution in [0, 0.1) is 5.92 Å². The minimum Gasteiger partial charge on any atom is -0.299 e. The number of Topliss-reactive ketones (excluding diaryl/α,β-unsaturated/α-hetero) is 1. The van der Waals surface area contributed by atoms with Gasteiger partial charge in [-0.2, -0.15) is 0 Å². The largest absolute Gasteiger partial charge is 0.299 e. The molecule has 0 aromatic heterocycles. The molecule has 1 aliphatic rings. The van der Waals surface area contributed by atoms with Gasteiger partial charge in [0, 0.05) is 12.3 Å². The fourth-order valence-electron chi connectivity index (χ4n) is 1.87. The molecule has 0 aromatic rings. The van der Waals surface area contributed by atoms with Gasteiger partial charge in [0.2, 0.25) is 0 Å². The Labute approximate surface area is 74.9 Å². The third kappa shape index (κ3) is 2.80. The van der Waals surface area contributed by atoms with Crippen LogP contribution in [0.5, 0.6) is 0 Å². The van der Waals surface area contributed by atoms with E-state index in [1.54, 1.807) is 0 Å². The first-order valence-electron chi connectivity index (χ1n) is 4.98. The van der Waals surface area contributed by atoms with Crippen molar-refractivity contribution >= 4 is 5.78 Å². The smallest absolute Gasteiger partial charge is 0.136 e. The van der Waals surface area contributed by atoms with Gasteiger partial charge in [-0.05, 0) is 19.3 Å².